The molecule has 7 nitrogen and oxygen atoms in total. The molecule has 0 bridgehead atoms. The number of nitrogens with one attached hydrogen (secondary N) is 1. The van der Waals surface area contributed by atoms with Crippen molar-refractivity contribution in [3.05, 3.63) is 39.4 Å². The van der Waals surface area contributed by atoms with Crippen LogP contribution in [0.25, 0.3) is 0 Å². The van der Waals surface area contributed by atoms with E-state index in [1.165, 1.54) is 31.5 Å². The maximum Gasteiger partial charge on any atom is 0.339 e. The van der Waals surface area contributed by atoms with Gasteiger partial charge in [0.05, 0.1) is 10.5 Å². The molecule has 1 aromatic carbocycles. The third-order valence-corrected chi connectivity index (χ3v) is 4.73. The highest BCUT2D eigenvalue weighted by Crippen LogP contribution is 2.24. The molecule has 25 heavy (non-hydrogen) atoms. The number of carbonyl (C=O) groups is 2. The first-order valence-electron chi connectivity index (χ1n) is 8.56. The van der Waals surface area contributed by atoms with Gasteiger partial charge in [0.25, 0.3) is 11.6 Å². The molecule has 1 amide bonds. The first kappa shape index (κ1) is 18.9. The molecule has 0 unspecified atom stereocenters. The first-order chi connectivity index (χ1) is 11.8. The smallest absolute Gasteiger partial charge is 0.339 e. The van der Waals surface area contributed by atoms with Crippen molar-refractivity contribution in [2.45, 2.75) is 58.6 Å². The van der Waals surface area contributed by atoms with Gasteiger partial charge in [-0.3, -0.25) is 14.9 Å². The monoisotopic (exact) mass is 348 g/mol. The number of nitrogens with zero attached hydrogens (tertiary/aromatic N) is 1. The summed E-state index contributed by atoms with van der Waals surface area (Å²) in [5.41, 5.74) is 0.365. The van der Waals surface area contributed by atoms with Crippen molar-refractivity contribution in [3.8, 4) is 0 Å². The predicted molar refractivity (Wildman–Crippen MR) is 92.3 cm³/mol. The van der Waals surface area contributed by atoms with Gasteiger partial charge < -0.3 is 10.1 Å². The number of hydrogen-bond donors (Lipinski definition) is 1. The Bertz CT molecular complexity index is 673. The standard InChI is InChI=1S/C18H24N2O5/c1-11-6-4-5-7-15(11)19-17(21)13(3)25-18(22)14-9-8-12(2)16(10-14)20(23)24/h8-11,13,15H,4-7H2,1-3H3,(H,19,21)/t11-,13-,15+/m0/s1. The van der Waals surface area contributed by atoms with Crippen LogP contribution >= 0.6 is 0 Å². The highest BCUT2D eigenvalue weighted by molar-refractivity contribution is 5.93. The van der Waals surface area contributed by atoms with Crippen LogP contribution in [-0.4, -0.2) is 28.9 Å². The fourth-order valence-electron chi connectivity index (χ4n) is 3.05. The van der Waals surface area contributed by atoms with E-state index in [1.54, 1.807) is 6.92 Å². The summed E-state index contributed by atoms with van der Waals surface area (Å²) in [6.45, 7) is 5.20. The minimum absolute atomic E-state index is 0.0583. The normalized spacial score (nSPS) is 21.2. The lowest BCUT2D eigenvalue weighted by atomic mass is 9.86. The van der Waals surface area contributed by atoms with E-state index in [1.807, 2.05) is 0 Å². The zero-order valence-corrected chi connectivity index (χ0v) is 14.8. The molecule has 136 valence electrons. The number of hydrogen-bond acceptors (Lipinski definition) is 5. The number of esters is 1. The Morgan fingerprint density at radius 1 is 1.32 bits per heavy atom. The Morgan fingerprint density at radius 2 is 2.00 bits per heavy atom. The molecule has 0 spiro atoms. The largest absolute Gasteiger partial charge is 0.449 e. The molecule has 0 saturated heterocycles. The van der Waals surface area contributed by atoms with Crippen molar-refractivity contribution in [2.75, 3.05) is 0 Å². The summed E-state index contributed by atoms with van der Waals surface area (Å²) in [4.78, 5) is 34.9. The molecule has 1 aliphatic carbocycles. The van der Waals surface area contributed by atoms with Crippen LogP contribution in [0.5, 0.6) is 0 Å². The molecule has 1 aliphatic rings. The van der Waals surface area contributed by atoms with E-state index < -0.39 is 17.0 Å². The maximum atomic E-state index is 12.3. The Labute approximate surface area is 146 Å². The summed E-state index contributed by atoms with van der Waals surface area (Å²) in [6, 6.07) is 4.22. The second-order valence-corrected chi connectivity index (χ2v) is 6.68. The third-order valence-electron chi connectivity index (χ3n) is 4.73. The van der Waals surface area contributed by atoms with Crippen molar-refractivity contribution < 1.29 is 19.2 Å². The lowest BCUT2D eigenvalue weighted by molar-refractivity contribution is -0.385. The number of aryl methyl sites for hydroxylation is 1. The van der Waals surface area contributed by atoms with Gasteiger partial charge in [-0.1, -0.05) is 25.8 Å². The molecular formula is C18H24N2O5. The fraction of sp³-hybridized carbons (Fsp3) is 0.556. The van der Waals surface area contributed by atoms with Crippen LogP contribution in [0.4, 0.5) is 5.69 Å². The number of ether oxygens (including phenoxy) is 1. The lowest BCUT2D eigenvalue weighted by Crippen LogP contribution is -2.45. The van der Waals surface area contributed by atoms with E-state index in [4.69, 9.17) is 4.74 Å². The predicted octanol–water partition coefficient (Wildman–Crippen LogP) is 3.14. The molecular weight excluding hydrogens is 324 g/mol. The van der Waals surface area contributed by atoms with Crippen LogP contribution in [0.2, 0.25) is 0 Å². The number of carbonyl (C=O) groups excluding carboxylic acids is 2. The van der Waals surface area contributed by atoms with Crippen LogP contribution in [0.1, 0.15) is 55.5 Å². The summed E-state index contributed by atoms with van der Waals surface area (Å²) >= 11 is 0. The highest BCUT2D eigenvalue weighted by Gasteiger charge is 2.27. The van der Waals surface area contributed by atoms with Gasteiger partial charge in [-0.15, -0.1) is 0 Å². The zero-order chi connectivity index (χ0) is 18.6. The molecule has 1 fully saturated rings. The van der Waals surface area contributed by atoms with Crippen LogP contribution < -0.4 is 5.32 Å². The molecule has 2 rings (SSSR count). The Balaban J connectivity index is 1.98. The number of nitro benzene ring substituents is 1. The van der Waals surface area contributed by atoms with E-state index in [9.17, 15) is 19.7 Å². The van der Waals surface area contributed by atoms with Gasteiger partial charge in [-0.25, -0.2) is 4.79 Å². The summed E-state index contributed by atoms with van der Waals surface area (Å²) in [5.74, 6) is -0.684. The second kappa shape index (κ2) is 8.09. The lowest BCUT2D eigenvalue weighted by Gasteiger charge is -2.30. The number of nitro groups is 1. The summed E-state index contributed by atoms with van der Waals surface area (Å²) in [6.07, 6.45) is 3.30. The average Bonchev–Trinajstić information content (AvgIpc) is 2.56. The van der Waals surface area contributed by atoms with E-state index >= 15 is 0 Å². The minimum Gasteiger partial charge on any atom is -0.449 e. The van der Waals surface area contributed by atoms with Gasteiger partial charge >= 0.3 is 5.97 Å². The number of rotatable bonds is 5. The molecule has 0 aliphatic heterocycles. The molecule has 1 saturated carbocycles. The third kappa shape index (κ3) is 4.78. The first-order valence-corrected chi connectivity index (χ1v) is 8.56. The van der Waals surface area contributed by atoms with Crippen LogP contribution in [0, 0.1) is 23.0 Å². The van der Waals surface area contributed by atoms with Gasteiger partial charge in [0.2, 0.25) is 0 Å². The van der Waals surface area contributed by atoms with E-state index in [2.05, 4.69) is 12.2 Å². The minimum atomic E-state index is -0.956. The van der Waals surface area contributed by atoms with Crippen LogP contribution in [-0.2, 0) is 9.53 Å². The molecule has 7 heteroatoms. The highest BCUT2D eigenvalue weighted by atomic mass is 16.6. The Morgan fingerprint density at radius 3 is 2.64 bits per heavy atom. The van der Waals surface area contributed by atoms with Gasteiger partial charge in [0, 0.05) is 17.7 Å². The second-order valence-electron chi connectivity index (χ2n) is 6.68. The Hall–Kier alpha value is -2.44. The maximum absolute atomic E-state index is 12.3. The van der Waals surface area contributed by atoms with Crippen molar-refractivity contribution in [3.63, 3.8) is 0 Å². The van der Waals surface area contributed by atoms with Gasteiger partial charge in [0.1, 0.15) is 0 Å². The van der Waals surface area contributed by atoms with Crippen LogP contribution in [0.15, 0.2) is 18.2 Å². The topological polar surface area (TPSA) is 98.5 Å². The zero-order valence-electron chi connectivity index (χ0n) is 14.8. The Kier molecular flexibility index (Phi) is 6.12. The van der Waals surface area contributed by atoms with E-state index in [0.717, 1.165) is 19.3 Å². The summed E-state index contributed by atoms with van der Waals surface area (Å²) < 4.78 is 5.18. The SMILES string of the molecule is Cc1ccc(C(=O)O[C@@H](C)C(=O)N[C@@H]2CCCC[C@@H]2C)cc1[N+](=O)[O-]. The van der Waals surface area contributed by atoms with Crippen molar-refractivity contribution in [1.82, 2.24) is 5.32 Å². The van der Waals surface area contributed by atoms with Crippen molar-refractivity contribution >= 4 is 17.6 Å². The number of benzene rings is 1. The van der Waals surface area contributed by atoms with Gasteiger partial charge in [-0.2, -0.15) is 0 Å². The molecule has 0 radical (unpaired) electrons. The number of amides is 1. The molecule has 0 heterocycles. The molecule has 1 N–H and O–H groups in total. The molecule has 3 atom stereocenters. The fourth-order valence-corrected chi connectivity index (χ4v) is 3.05. The van der Waals surface area contributed by atoms with E-state index in [-0.39, 0.29) is 23.2 Å². The van der Waals surface area contributed by atoms with Crippen LogP contribution in [0.3, 0.4) is 0 Å². The van der Waals surface area contributed by atoms with Crippen molar-refractivity contribution in [1.29, 1.82) is 0 Å². The molecule has 1 aromatic rings. The average molecular weight is 348 g/mol. The van der Waals surface area contributed by atoms with Gasteiger partial charge in [-0.05, 0) is 38.7 Å². The van der Waals surface area contributed by atoms with Gasteiger partial charge in [0.15, 0.2) is 6.10 Å². The molecule has 0 aromatic heterocycles. The summed E-state index contributed by atoms with van der Waals surface area (Å²) in [5, 5.41) is 13.9. The van der Waals surface area contributed by atoms with Crippen molar-refractivity contribution in [2.24, 2.45) is 5.92 Å². The van der Waals surface area contributed by atoms with E-state index in [0.29, 0.717) is 11.5 Å². The quantitative estimate of drug-likeness (QED) is 0.501. The summed E-state index contributed by atoms with van der Waals surface area (Å²) in [7, 11) is 0.